The number of anilines is 2. The lowest BCUT2D eigenvalue weighted by Crippen LogP contribution is -2.17. The van der Waals surface area contributed by atoms with Crippen LogP contribution in [0.5, 0.6) is 0 Å². The van der Waals surface area contributed by atoms with E-state index in [0.29, 0.717) is 11.3 Å². The largest absolute Gasteiger partial charge is 0.326 e. The van der Waals surface area contributed by atoms with Crippen molar-refractivity contribution < 1.29 is 18.0 Å². The lowest BCUT2D eigenvalue weighted by molar-refractivity contribution is -0.115. The summed E-state index contributed by atoms with van der Waals surface area (Å²) in [7, 11) is -3.45. The molecule has 0 aliphatic carbocycles. The number of aryl methyl sites for hydroxylation is 1. The Balaban J connectivity index is 1.55. The topological polar surface area (TPSA) is 92.3 Å². The summed E-state index contributed by atoms with van der Waals surface area (Å²) >= 11 is 1.13. The minimum atomic E-state index is -3.45. The second-order valence-corrected chi connectivity index (χ2v) is 9.68. The summed E-state index contributed by atoms with van der Waals surface area (Å²) in [6.07, 6.45) is -0.143. The van der Waals surface area contributed by atoms with Crippen LogP contribution in [-0.2, 0) is 14.6 Å². The van der Waals surface area contributed by atoms with E-state index < -0.39 is 15.7 Å². The first-order valence-electron chi connectivity index (χ1n) is 8.88. The molecule has 1 heterocycles. The Bertz CT molecular complexity index is 1110. The predicted molar refractivity (Wildman–Crippen MR) is 115 cm³/mol. The Kier molecular flexibility index (Phi) is 6.46. The van der Waals surface area contributed by atoms with Crippen molar-refractivity contribution in [3.63, 3.8) is 0 Å². The third-order valence-corrected chi connectivity index (χ3v) is 7.43. The minimum Gasteiger partial charge on any atom is -0.326 e. The average molecular weight is 429 g/mol. The SMILES string of the molecule is Cc1ccccc1NC(=O)c1ccc(NC(=O)CCS(=O)(=O)c2cccs2)cc1. The van der Waals surface area contributed by atoms with Gasteiger partial charge in [0.25, 0.3) is 5.91 Å². The number of sulfone groups is 1. The van der Waals surface area contributed by atoms with E-state index >= 15 is 0 Å². The van der Waals surface area contributed by atoms with Gasteiger partial charge in [-0.25, -0.2) is 8.42 Å². The highest BCUT2D eigenvalue weighted by Crippen LogP contribution is 2.19. The molecule has 0 unspecified atom stereocenters. The number of benzene rings is 2. The second kappa shape index (κ2) is 9.02. The van der Waals surface area contributed by atoms with E-state index in [2.05, 4.69) is 10.6 Å². The quantitative estimate of drug-likeness (QED) is 0.592. The molecule has 0 fully saturated rings. The van der Waals surface area contributed by atoms with Crippen LogP contribution >= 0.6 is 11.3 Å². The van der Waals surface area contributed by atoms with E-state index in [1.54, 1.807) is 35.7 Å². The Morgan fingerprint density at radius 2 is 1.66 bits per heavy atom. The third kappa shape index (κ3) is 5.52. The van der Waals surface area contributed by atoms with Crippen molar-refractivity contribution in [1.29, 1.82) is 0 Å². The molecule has 0 radical (unpaired) electrons. The molecule has 6 nitrogen and oxygen atoms in total. The van der Waals surface area contributed by atoms with Gasteiger partial charge in [-0.05, 0) is 54.3 Å². The molecule has 0 saturated heterocycles. The smallest absolute Gasteiger partial charge is 0.255 e. The third-order valence-electron chi connectivity index (χ3n) is 4.22. The van der Waals surface area contributed by atoms with Crippen LogP contribution in [0.4, 0.5) is 11.4 Å². The van der Waals surface area contributed by atoms with Gasteiger partial charge in [-0.2, -0.15) is 0 Å². The van der Waals surface area contributed by atoms with Gasteiger partial charge < -0.3 is 10.6 Å². The van der Waals surface area contributed by atoms with Crippen LogP contribution in [-0.4, -0.2) is 26.0 Å². The van der Waals surface area contributed by atoms with Gasteiger partial charge in [-0.1, -0.05) is 24.3 Å². The number of nitrogens with one attached hydrogen (secondary N) is 2. The van der Waals surface area contributed by atoms with Gasteiger partial charge >= 0.3 is 0 Å². The molecule has 150 valence electrons. The Morgan fingerprint density at radius 3 is 2.31 bits per heavy atom. The molecule has 3 aromatic rings. The summed E-state index contributed by atoms with van der Waals surface area (Å²) in [4.78, 5) is 24.4. The summed E-state index contributed by atoms with van der Waals surface area (Å²) in [5.74, 6) is -0.905. The number of hydrogen-bond acceptors (Lipinski definition) is 5. The number of thiophene rings is 1. The van der Waals surface area contributed by atoms with Gasteiger partial charge in [0.2, 0.25) is 5.91 Å². The molecule has 2 N–H and O–H groups in total. The van der Waals surface area contributed by atoms with Crippen molar-refractivity contribution in [3.8, 4) is 0 Å². The van der Waals surface area contributed by atoms with Crippen LogP contribution in [0.25, 0.3) is 0 Å². The lowest BCUT2D eigenvalue weighted by atomic mass is 10.1. The predicted octanol–water partition coefficient (Wildman–Crippen LogP) is 4.11. The van der Waals surface area contributed by atoms with Gasteiger partial charge in [0.05, 0.1) is 5.75 Å². The minimum absolute atomic E-state index is 0.143. The normalized spacial score (nSPS) is 11.1. The van der Waals surface area contributed by atoms with Gasteiger partial charge in [0, 0.05) is 23.4 Å². The maximum Gasteiger partial charge on any atom is 0.255 e. The maximum absolute atomic E-state index is 12.4. The van der Waals surface area contributed by atoms with Crippen LogP contribution in [0, 0.1) is 6.92 Å². The van der Waals surface area contributed by atoms with Crippen molar-refractivity contribution in [2.75, 3.05) is 16.4 Å². The average Bonchev–Trinajstić information content (AvgIpc) is 3.25. The summed E-state index contributed by atoms with van der Waals surface area (Å²) in [5.41, 5.74) is 2.64. The zero-order chi connectivity index (χ0) is 20.9. The second-order valence-electron chi connectivity index (χ2n) is 6.40. The Hall–Kier alpha value is -2.97. The van der Waals surface area contributed by atoms with Gasteiger partial charge in [0.15, 0.2) is 9.84 Å². The number of carbonyl (C=O) groups excluding carboxylic acids is 2. The molecule has 0 aliphatic rings. The molecule has 0 bridgehead atoms. The van der Waals surface area contributed by atoms with E-state index in [4.69, 9.17) is 0 Å². The zero-order valence-corrected chi connectivity index (χ0v) is 17.3. The van der Waals surface area contributed by atoms with Crippen molar-refractivity contribution >= 4 is 44.4 Å². The van der Waals surface area contributed by atoms with Crippen molar-refractivity contribution in [3.05, 3.63) is 77.2 Å². The number of para-hydroxylation sites is 1. The molecule has 2 aromatic carbocycles. The van der Waals surface area contributed by atoms with E-state index in [1.165, 1.54) is 6.07 Å². The number of rotatable bonds is 7. The molecule has 3 rings (SSSR count). The fourth-order valence-corrected chi connectivity index (χ4v) is 5.00. The molecule has 29 heavy (non-hydrogen) atoms. The van der Waals surface area contributed by atoms with E-state index in [0.717, 1.165) is 22.6 Å². The molecule has 0 aliphatic heterocycles. The molecule has 2 amide bonds. The first-order valence-corrected chi connectivity index (χ1v) is 11.4. The molecular formula is C21H20N2O4S2. The standard InChI is InChI=1S/C21H20N2O4S2/c1-15-5-2-3-6-18(15)23-21(25)16-8-10-17(11-9-16)22-19(24)12-14-29(26,27)20-7-4-13-28-20/h2-11,13H,12,14H2,1H3,(H,22,24)(H,23,25). The fraction of sp³-hybridized carbons (Fsp3) is 0.143. The van der Waals surface area contributed by atoms with Crippen molar-refractivity contribution in [2.45, 2.75) is 17.6 Å². The van der Waals surface area contributed by atoms with E-state index in [9.17, 15) is 18.0 Å². The molecule has 0 atom stereocenters. The van der Waals surface area contributed by atoms with E-state index in [-0.39, 0.29) is 22.3 Å². The van der Waals surface area contributed by atoms with Crippen LogP contribution in [0.15, 0.2) is 70.3 Å². The first kappa shape index (κ1) is 20.8. The molecule has 0 spiro atoms. The van der Waals surface area contributed by atoms with E-state index in [1.807, 2.05) is 31.2 Å². The van der Waals surface area contributed by atoms with Gasteiger partial charge in [-0.15, -0.1) is 11.3 Å². The highest BCUT2D eigenvalue weighted by Gasteiger charge is 2.17. The highest BCUT2D eigenvalue weighted by molar-refractivity contribution is 7.93. The Morgan fingerprint density at radius 1 is 0.931 bits per heavy atom. The van der Waals surface area contributed by atoms with Crippen molar-refractivity contribution in [1.82, 2.24) is 0 Å². The van der Waals surface area contributed by atoms with Crippen molar-refractivity contribution in [2.24, 2.45) is 0 Å². The monoisotopic (exact) mass is 428 g/mol. The number of amides is 2. The molecule has 0 saturated carbocycles. The number of carbonyl (C=O) groups is 2. The summed E-state index contributed by atoms with van der Waals surface area (Å²) in [5, 5.41) is 7.18. The lowest BCUT2D eigenvalue weighted by Gasteiger charge is -2.09. The van der Waals surface area contributed by atoms with Crippen LogP contribution in [0.2, 0.25) is 0 Å². The zero-order valence-electron chi connectivity index (χ0n) is 15.7. The Labute approximate surface area is 173 Å². The van der Waals surface area contributed by atoms with Gasteiger partial charge in [-0.3, -0.25) is 9.59 Å². The van der Waals surface area contributed by atoms with Crippen LogP contribution in [0.1, 0.15) is 22.3 Å². The van der Waals surface area contributed by atoms with Crippen LogP contribution < -0.4 is 10.6 Å². The number of hydrogen-bond donors (Lipinski definition) is 2. The summed E-state index contributed by atoms with van der Waals surface area (Å²) < 4.78 is 24.5. The molecule has 8 heteroatoms. The fourth-order valence-electron chi connectivity index (χ4n) is 2.60. The summed E-state index contributed by atoms with van der Waals surface area (Å²) in [6, 6.07) is 17.1. The highest BCUT2D eigenvalue weighted by atomic mass is 32.2. The molecular weight excluding hydrogens is 408 g/mol. The first-order chi connectivity index (χ1) is 13.8. The molecule has 1 aromatic heterocycles. The van der Waals surface area contributed by atoms with Gasteiger partial charge in [0.1, 0.15) is 4.21 Å². The summed E-state index contributed by atoms with van der Waals surface area (Å²) in [6.45, 7) is 1.91. The van der Waals surface area contributed by atoms with Crippen LogP contribution in [0.3, 0.4) is 0 Å². The maximum atomic E-state index is 12.4.